The minimum Gasteiger partial charge on any atom is -0.507 e. The molecule has 0 saturated heterocycles. The van der Waals surface area contributed by atoms with Crippen LogP contribution in [-0.4, -0.2) is 21.6 Å². The summed E-state index contributed by atoms with van der Waals surface area (Å²) >= 11 is 1.72. The van der Waals surface area contributed by atoms with Gasteiger partial charge in [0.25, 0.3) is 0 Å². The van der Waals surface area contributed by atoms with Gasteiger partial charge >= 0.3 is 0 Å². The van der Waals surface area contributed by atoms with Crippen LogP contribution < -0.4 is 9.06 Å². The van der Waals surface area contributed by atoms with Gasteiger partial charge in [-0.1, -0.05) is 13.8 Å². The van der Waals surface area contributed by atoms with Gasteiger partial charge in [-0.2, -0.15) is 0 Å². The van der Waals surface area contributed by atoms with Crippen molar-refractivity contribution in [2.24, 2.45) is 9.98 Å². The number of fused-ring (bicyclic) bond motifs is 6. The number of allylic oxidation sites excluding steroid dienone is 4. The third-order valence-corrected chi connectivity index (χ3v) is 7.43. The van der Waals surface area contributed by atoms with Crippen molar-refractivity contribution in [3.63, 3.8) is 0 Å². The fourth-order valence-corrected chi connectivity index (χ4v) is 5.48. The first-order valence-corrected chi connectivity index (χ1v) is 12.1. The molecule has 2 aromatic rings. The second kappa shape index (κ2) is 8.16. The molecule has 0 unspecified atom stereocenters. The number of hydrogen-bond acceptors (Lipinski definition) is 5. The highest BCUT2D eigenvalue weighted by molar-refractivity contribution is 7.08. The first-order valence-electron chi connectivity index (χ1n) is 11.2. The van der Waals surface area contributed by atoms with Crippen molar-refractivity contribution < 1.29 is 10.2 Å². The quantitative estimate of drug-likeness (QED) is 0.631. The van der Waals surface area contributed by atoms with Crippen LogP contribution in [-0.2, 0) is 0 Å². The number of phenolic OH excluding ortho intramolecular Hbond substituents is 2. The topological polar surface area (TPSA) is 65.2 Å². The number of rotatable bonds is 2. The van der Waals surface area contributed by atoms with Crippen molar-refractivity contribution in [3.05, 3.63) is 78.1 Å². The molecule has 5 heteroatoms. The molecule has 0 atom stereocenters. The molecule has 1 aromatic carbocycles. The third-order valence-electron chi connectivity index (χ3n) is 6.45. The van der Waals surface area contributed by atoms with Crippen LogP contribution in [0, 0.1) is 0 Å². The average molecular weight is 455 g/mol. The van der Waals surface area contributed by atoms with Crippen molar-refractivity contribution in [1.29, 1.82) is 0 Å². The Balaban J connectivity index is 1.83. The van der Waals surface area contributed by atoms with E-state index in [0.29, 0.717) is 11.1 Å². The molecular formula is C28H26N2O2S. The number of benzene rings is 1. The lowest BCUT2D eigenvalue weighted by Gasteiger charge is -2.08. The normalized spacial score (nSPS) is 17.3. The Bertz CT molecular complexity index is 1400. The largest absolute Gasteiger partial charge is 0.507 e. The van der Waals surface area contributed by atoms with Gasteiger partial charge in [0.05, 0.1) is 22.8 Å². The molecular weight excluding hydrogens is 428 g/mol. The molecule has 1 aromatic heterocycles. The van der Waals surface area contributed by atoms with Crippen molar-refractivity contribution in [2.45, 2.75) is 40.5 Å². The molecule has 2 N–H and O–H groups in total. The lowest BCUT2D eigenvalue weighted by molar-refractivity contribution is 0.449. The molecule has 0 spiro atoms. The molecule has 4 heterocycles. The van der Waals surface area contributed by atoms with Gasteiger partial charge in [-0.15, -0.1) is 11.3 Å². The van der Waals surface area contributed by atoms with E-state index in [0.717, 1.165) is 67.0 Å². The lowest BCUT2D eigenvalue weighted by Crippen LogP contribution is -2.02. The van der Waals surface area contributed by atoms with Gasteiger partial charge < -0.3 is 10.2 Å². The number of aromatic hydroxyl groups is 2. The van der Waals surface area contributed by atoms with Crippen molar-refractivity contribution in [1.82, 2.24) is 0 Å². The van der Waals surface area contributed by atoms with Crippen molar-refractivity contribution in [3.8, 4) is 11.5 Å². The molecule has 0 fully saturated rings. The summed E-state index contributed by atoms with van der Waals surface area (Å²) < 4.78 is 2.29. The Kier molecular flexibility index (Phi) is 5.29. The van der Waals surface area contributed by atoms with Crippen LogP contribution >= 0.6 is 11.3 Å². The van der Waals surface area contributed by atoms with Crippen LogP contribution in [0.1, 0.15) is 51.7 Å². The predicted octanol–water partition coefficient (Wildman–Crippen LogP) is 5.48. The summed E-state index contributed by atoms with van der Waals surface area (Å²) in [6.07, 6.45) is 9.76. The summed E-state index contributed by atoms with van der Waals surface area (Å²) in [5.74, 6) is 0.0524. The first kappa shape index (κ1) is 21.4. The smallest absolute Gasteiger partial charge is 0.126 e. The molecule has 0 aliphatic carbocycles. The highest BCUT2D eigenvalue weighted by Gasteiger charge is 2.21. The number of phenols is 2. The van der Waals surface area contributed by atoms with Gasteiger partial charge in [0.1, 0.15) is 11.5 Å². The Morgan fingerprint density at radius 1 is 0.697 bits per heavy atom. The van der Waals surface area contributed by atoms with Gasteiger partial charge in [0.15, 0.2) is 0 Å². The van der Waals surface area contributed by atoms with E-state index < -0.39 is 0 Å². The zero-order valence-corrected chi connectivity index (χ0v) is 20.0. The van der Waals surface area contributed by atoms with Crippen molar-refractivity contribution >= 4 is 47.1 Å². The molecule has 0 radical (unpaired) electrons. The second-order valence-corrected chi connectivity index (χ2v) is 9.61. The Hall–Kier alpha value is -3.44. The molecule has 33 heavy (non-hydrogen) atoms. The van der Waals surface area contributed by atoms with E-state index in [1.807, 2.05) is 12.2 Å². The van der Waals surface area contributed by atoms with E-state index in [-0.39, 0.29) is 11.5 Å². The van der Waals surface area contributed by atoms with Crippen LogP contribution in [0.25, 0.3) is 24.3 Å². The SMILES string of the molecule is CCC1=C(C)C2=NC1=Cc1cc(c(O)cc1O)C=C1N=C(C=c3ccc(s3)=C2)C(C)=C1CC. The molecule has 8 bridgehead atoms. The minimum atomic E-state index is 0.0262. The van der Waals surface area contributed by atoms with E-state index in [1.54, 1.807) is 17.4 Å². The Labute approximate surface area is 197 Å². The summed E-state index contributed by atoms with van der Waals surface area (Å²) in [5, 5.41) is 21.2. The zero-order valence-electron chi connectivity index (χ0n) is 19.2. The monoisotopic (exact) mass is 454 g/mol. The van der Waals surface area contributed by atoms with Gasteiger partial charge in [-0.3, -0.25) is 0 Å². The van der Waals surface area contributed by atoms with E-state index in [9.17, 15) is 10.2 Å². The molecule has 5 rings (SSSR count). The van der Waals surface area contributed by atoms with Crippen LogP contribution in [0.2, 0.25) is 0 Å². The van der Waals surface area contributed by atoms with E-state index >= 15 is 0 Å². The summed E-state index contributed by atoms with van der Waals surface area (Å²) in [6, 6.07) is 7.45. The number of hydrogen-bond donors (Lipinski definition) is 2. The summed E-state index contributed by atoms with van der Waals surface area (Å²) in [7, 11) is 0. The fourth-order valence-electron chi connectivity index (χ4n) is 4.60. The zero-order chi connectivity index (χ0) is 23.3. The van der Waals surface area contributed by atoms with Gasteiger partial charge in [-0.05, 0) is 91.5 Å². The minimum absolute atomic E-state index is 0.0262. The Morgan fingerprint density at radius 3 is 1.58 bits per heavy atom. The standard InChI is InChI=1S/C28H26N2O2S/c1-5-21-15(3)23-12-19-7-8-20(33-19)13-24-16(4)22(6-2)26(30-24)11-18-9-17(10-25(21)29-23)27(31)14-28(18)32/h7-14,31-32H,5-6H2,1-4H3. The van der Waals surface area contributed by atoms with Crippen LogP contribution in [0.4, 0.5) is 0 Å². The van der Waals surface area contributed by atoms with E-state index in [4.69, 9.17) is 9.98 Å². The molecule has 3 aliphatic heterocycles. The van der Waals surface area contributed by atoms with E-state index in [2.05, 4.69) is 52.0 Å². The third kappa shape index (κ3) is 3.72. The first-order chi connectivity index (χ1) is 15.9. The predicted molar refractivity (Wildman–Crippen MR) is 139 cm³/mol. The maximum atomic E-state index is 10.6. The summed E-state index contributed by atoms with van der Waals surface area (Å²) in [5.41, 5.74) is 9.47. The molecule has 0 saturated carbocycles. The highest BCUT2D eigenvalue weighted by Crippen LogP contribution is 2.37. The van der Waals surface area contributed by atoms with Crippen LogP contribution in [0.5, 0.6) is 11.5 Å². The van der Waals surface area contributed by atoms with Gasteiger partial charge in [-0.25, -0.2) is 9.98 Å². The van der Waals surface area contributed by atoms with E-state index in [1.165, 1.54) is 6.07 Å². The number of aliphatic imine (C=N–C) groups is 2. The van der Waals surface area contributed by atoms with Gasteiger partial charge in [0.2, 0.25) is 0 Å². The lowest BCUT2D eigenvalue weighted by atomic mass is 9.99. The number of thiophene rings is 1. The molecule has 166 valence electrons. The second-order valence-electron chi connectivity index (χ2n) is 8.47. The number of nitrogens with zero attached hydrogens (tertiary/aromatic N) is 2. The molecule has 4 nitrogen and oxygen atoms in total. The van der Waals surface area contributed by atoms with Gasteiger partial charge in [0, 0.05) is 26.3 Å². The highest BCUT2D eigenvalue weighted by atomic mass is 32.1. The van der Waals surface area contributed by atoms with Crippen LogP contribution in [0.15, 0.2) is 67.9 Å². The van der Waals surface area contributed by atoms with Crippen LogP contribution in [0.3, 0.4) is 0 Å². The summed E-state index contributed by atoms with van der Waals surface area (Å²) in [4.78, 5) is 9.81. The Morgan fingerprint density at radius 2 is 1.15 bits per heavy atom. The molecule has 3 aliphatic rings. The fraction of sp³-hybridized carbons (Fsp3) is 0.214. The average Bonchev–Trinajstić information content (AvgIpc) is 3.42. The molecule has 0 amide bonds. The maximum absolute atomic E-state index is 10.6. The summed E-state index contributed by atoms with van der Waals surface area (Å²) in [6.45, 7) is 8.44. The maximum Gasteiger partial charge on any atom is 0.126 e. The van der Waals surface area contributed by atoms with Crippen molar-refractivity contribution in [2.75, 3.05) is 0 Å².